The van der Waals surface area contributed by atoms with E-state index < -0.39 is 0 Å². The molecule has 1 heterocycles. The highest BCUT2D eigenvalue weighted by Gasteiger charge is 2.11. The Bertz CT molecular complexity index is 514. The van der Waals surface area contributed by atoms with Gasteiger partial charge in [-0.1, -0.05) is 12.1 Å². The van der Waals surface area contributed by atoms with Gasteiger partial charge in [-0.15, -0.1) is 0 Å². The smallest absolute Gasteiger partial charge is 0.259 e. The van der Waals surface area contributed by atoms with Gasteiger partial charge in [0.05, 0.1) is 11.8 Å². The standard InChI is InChI=1S/C13H14N2O2/c1-9-12(6-7-17-9)13(16)15-11-4-2-10(8-14)3-5-11/h2-7H,8,14H2,1H3,(H,15,16). The molecule has 0 unspecified atom stereocenters. The van der Waals surface area contributed by atoms with Crippen molar-refractivity contribution in [3.05, 3.63) is 53.5 Å². The Labute approximate surface area is 99.4 Å². The maximum atomic E-state index is 11.9. The van der Waals surface area contributed by atoms with Crippen LogP contribution in [0.25, 0.3) is 0 Å². The quantitative estimate of drug-likeness (QED) is 0.850. The second kappa shape index (κ2) is 4.84. The van der Waals surface area contributed by atoms with Gasteiger partial charge in [0.25, 0.3) is 5.91 Å². The second-order valence-corrected chi connectivity index (χ2v) is 3.75. The van der Waals surface area contributed by atoms with Crippen molar-refractivity contribution in [1.29, 1.82) is 0 Å². The fraction of sp³-hybridized carbons (Fsp3) is 0.154. The summed E-state index contributed by atoms with van der Waals surface area (Å²) < 4.78 is 5.08. The van der Waals surface area contributed by atoms with Crippen molar-refractivity contribution in [2.24, 2.45) is 5.73 Å². The Morgan fingerprint density at radius 2 is 2.00 bits per heavy atom. The number of nitrogens with two attached hydrogens (primary N) is 1. The Balaban J connectivity index is 2.10. The monoisotopic (exact) mass is 230 g/mol. The number of carbonyl (C=O) groups is 1. The van der Waals surface area contributed by atoms with Crippen LogP contribution < -0.4 is 11.1 Å². The van der Waals surface area contributed by atoms with Crippen LogP contribution in [-0.4, -0.2) is 5.91 Å². The van der Waals surface area contributed by atoms with Crippen LogP contribution in [0.1, 0.15) is 21.7 Å². The van der Waals surface area contributed by atoms with Crippen LogP contribution in [0.5, 0.6) is 0 Å². The molecular weight excluding hydrogens is 216 g/mol. The molecule has 0 atom stereocenters. The average Bonchev–Trinajstić information content (AvgIpc) is 2.76. The van der Waals surface area contributed by atoms with Gasteiger partial charge in [0.1, 0.15) is 5.76 Å². The van der Waals surface area contributed by atoms with Crippen LogP contribution in [0, 0.1) is 6.92 Å². The van der Waals surface area contributed by atoms with E-state index in [1.165, 1.54) is 6.26 Å². The van der Waals surface area contributed by atoms with E-state index in [1.54, 1.807) is 13.0 Å². The molecule has 0 radical (unpaired) electrons. The van der Waals surface area contributed by atoms with Gasteiger partial charge in [-0.25, -0.2) is 0 Å². The molecule has 0 bridgehead atoms. The third kappa shape index (κ3) is 2.54. The zero-order chi connectivity index (χ0) is 12.3. The highest BCUT2D eigenvalue weighted by atomic mass is 16.3. The van der Waals surface area contributed by atoms with Gasteiger partial charge in [-0.2, -0.15) is 0 Å². The van der Waals surface area contributed by atoms with E-state index in [9.17, 15) is 4.79 Å². The minimum absolute atomic E-state index is 0.170. The fourth-order valence-electron chi connectivity index (χ4n) is 1.54. The third-order valence-corrected chi connectivity index (χ3v) is 2.55. The first-order valence-corrected chi connectivity index (χ1v) is 5.35. The van der Waals surface area contributed by atoms with Crippen molar-refractivity contribution in [3.8, 4) is 0 Å². The Hall–Kier alpha value is -2.07. The number of rotatable bonds is 3. The van der Waals surface area contributed by atoms with Gasteiger partial charge in [0.15, 0.2) is 0 Å². The molecule has 4 nitrogen and oxygen atoms in total. The molecule has 88 valence electrons. The number of nitrogens with one attached hydrogen (secondary N) is 1. The molecule has 1 aromatic carbocycles. The molecule has 2 aromatic rings. The summed E-state index contributed by atoms with van der Waals surface area (Å²) in [5, 5.41) is 2.80. The maximum absolute atomic E-state index is 11.9. The van der Waals surface area contributed by atoms with Crippen LogP contribution in [0.3, 0.4) is 0 Å². The van der Waals surface area contributed by atoms with Crippen molar-refractivity contribution in [3.63, 3.8) is 0 Å². The molecule has 1 aromatic heterocycles. The van der Waals surface area contributed by atoms with Crippen LogP contribution >= 0.6 is 0 Å². The Morgan fingerprint density at radius 3 is 2.53 bits per heavy atom. The van der Waals surface area contributed by atoms with Gasteiger partial charge < -0.3 is 15.5 Å². The lowest BCUT2D eigenvalue weighted by atomic mass is 10.2. The largest absolute Gasteiger partial charge is 0.469 e. The molecule has 2 rings (SSSR count). The summed E-state index contributed by atoms with van der Waals surface area (Å²) in [6.07, 6.45) is 1.50. The van der Waals surface area contributed by atoms with E-state index in [0.29, 0.717) is 17.9 Å². The minimum Gasteiger partial charge on any atom is -0.469 e. The van der Waals surface area contributed by atoms with E-state index >= 15 is 0 Å². The van der Waals surface area contributed by atoms with Crippen LogP contribution in [0.2, 0.25) is 0 Å². The molecule has 4 heteroatoms. The SMILES string of the molecule is Cc1occc1C(=O)Nc1ccc(CN)cc1. The molecule has 0 spiro atoms. The normalized spacial score (nSPS) is 10.2. The van der Waals surface area contributed by atoms with Gasteiger partial charge >= 0.3 is 0 Å². The summed E-state index contributed by atoms with van der Waals surface area (Å²) in [6, 6.07) is 9.08. The van der Waals surface area contributed by atoms with Gasteiger partial charge in [-0.05, 0) is 30.7 Å². The molecule has 0 saturated carbocycles. The second-order valence-electron chi connectivity index (χ2n) is 3.75. The zero-order valence-corrected chi connectivity index (χ0v) is 9.57. The molecule has 0 aliphatic rings. The molecule has 3 N–H and O–H groups in total. The molecule has 17 heavy (non-hydrogen) atoms. The van der Waals surface area contributed by atoms with Gasteiger partial charge in [0, 0.05) is 12.2 Å². The van der Waals surface area contributed by atoms with Crippen molar-refractivity contribution in [1.82, 2.24) is 0 Å². The van der Waals surface area contributed by atoms with E-state index in [-0.39, 0.29) is 5.91 Å². The van der Waals surface area contributed by atoms with Crippen molar-refractivity contribution in [2.45, 2.75) is 13.5 Å². The average molecular weight is 230 g/mol. The number of hydrogen-bond acceptors (Lipinski definition) is 3. The number of anilines is 1. The van der Waals surface area contributed by atoms with Crippen molar-refractivity contribution >= 4 is 11.6 Å². The maximum Gasteiger partial charge on any atom is 0.259 e. The van der Waals surface area contributed by atoms with Crippen LogP contribution in [0.4, 0.5) is 5.69 Å². The molecule has 1 amide bonds. The Kier molecular flexibility index (Phi) is 3.25. The summed E-state index contributed by atoms with van der Waals surface area (Å²) in [6.45, 7) is 2.25. The molecule has 0 aliphatic carbocycles. The summed E-state index contributed by atoms with van der Waals surface area (Å²) in [4.78, 5) is 11.9. The topological polar surface area (TPSA) is 68.3 Å². The molecule has 0 aliphatic heterocycles. The number of hydrogen-bond donors (Lipinski definition) is 2. The minimum atomic E-state index is -0.170. The lowest BCUT2D eigenvalue weighted by molar-refractivity contribution is 0.102. The van der Waals surface area contributed by atoms with Gasteiger partial charge in [-0.3, -0.25) is 4.79 Å². The first kappa shape index (κ1) is 11.4. The third-order valence-electron chi connectivity index (χ3n) is 2.55. The molecular formula is C13H14N2O2. The number of furan rings is 1. The lowest BCUT2D eigenvalue weighted by Crippen LogP contribution is -2.12. The summed E-state index contributed by atoms with van der Waals surface area (Å²) >= 11 is 0. The number of amides is 1. The molecule has 0 fully saturated rings. The van der Waals surface area contributed by atoms with E-state index in [1.807, 2.05) is 24.3 Å². The highest BCUT2D eigenvalue weighted by Crippen LogP contribution is 2.13. The highest BCUT2D eigenvalue weighted by molar-refractivity contribution is 6.04. The molecule has 0 saturated heterocycles. The van der Waals surface area contributed by atoms with Gasteiger partial charge in [0.2, 0.25) is 0 Å². The number of carbonyl (C=O) groups excluding carboxylic acids is 1. The summed E-state index contributed by atoms with van der Waals surface area (Å²) in [7, 11) is 0. The summed E-state index contributed by atoms with van der Waals surface area (Å²) in [5.74, 6) is 0.442. The summed E-state index contributed by atoms with van der Waals surface area (Å²) in [5.41, 5.74) is 7.82. The predicted octanol–water partition coefficient (Wildman–Crippen LogP) is 2.30. The Morgan fingerprint density at radius 1 is 1.29 bits per heavy atom. The van der Waals surface area contributed by atoms with E-state index in [4.69, 9.17) is 10.2 Å². The van der Waals surface area contributed by atoms with Crippen LogP contribution in [-0.2, 0) is 6.54 Å². The van der Waals surface area contributed by atoms with Crippen molar-refractivity contribution < 1.29 is 9.21 Å². The predicted molar refractivity (Wildman–Crippen MR) is 65.7 cm³/mol. The van der Waals surface area contributed by atoms with E-state index in [2.05, 4.69) is 5.32 Å². The van der Waals surface area contributed by atoms with E-state index in [0.717, 1.165) is 11.3 Å². The van der Waals surface area contributed by atoms with Crippen molar-refractivity contribution in [2.75, 3.05) is 5.32 Å². The fourth-order valence-corrected chi connectivity index (χ4v) is 1.54. The lowest BCUT2D eigenvalue weighted by Gasteiger charge is -2.05. The first-order chi connectivity index (χ1) is 8.20. The number of aryl methyl sites for hydroxylation is 1. The van der Waals surface area contributed by atoms with Crippen LogP contribution in [0.15, 0.2) is 41.0 Å². The first-order valence-electron chi connectivity index (χ1n) is 5.35. The number of benzene rings is 1. The zero-order valence-electron chi connectivity index (χ0n) is 9.57.